The quantitative estimate of drug-likeness (QED) is 0.725. The van der Waals surface area contributed by atoms with E-state index in [2.05, 4.69) is 9.72 Å². The maximum absolute atomic E-state index is 13.2. The highest BCUT2D eigenvalue weighted by atomic mass is 35.5. The number of carbonyl (C=O) groups is 1. The number of esters is 1. The third kappa shape index (κ3) is 3.18. The van der Waals surface area contributed by atoms with Gasteiger partial charge in [0.05, 0.1) is 35.1 Å². The zero-order valence-electron chi connectivity index (χ0n) is 13.0. The Labute approximate surface area is 145 Å². The van der Waals surface area contributed by atoms with Crippen LogP contribution < -0.4 is 11.2 Å². The van der Waals surface area contributed by atoms with Crippen LogP contribution in [0.2, 0.25) is 5.02 Å². The molecule has 0 aliphatic rings. The van der Waals surface area contributed by atoms with Crippen LogP contribution in [-0.2, 0) is 11.3 Å². The minimum Gasteiger partial charge on any atom is -0.465 e. The summed E-state index contributed by atoms with van der Waals surface area (Å²) in [6.07, 6.45) is 0. The van der Waals surface area contributed by atoms with Crippen molar-refractivity contribution in [1.29, 1.82) is 0 Å². The molecule has 128 valence electrons. The average Bonchev–Trinajstić information content (AvgIpc) is 2.60. The van der Waals surface area contributed by atoms with Gasteiger partial charge in [-0.3, -0.25) is 9.36 Å². The van der Waals surface area contributed by atoms with Gasteiger partial charge in [-0.25, -0.2) is 14.0 Å². The fourth-order valence-electron chi connectivity index (χ4n) is 2.46. The number of nitrogens with one attached hydrogen (secondary N) is 1. The summed E-state index contributed by atoms with van der Waals surface area (Å²) in [5.74, 6) is -1.18. The molecule has 25 heavy (non-hydrogen) atoms. The molecule has 0 aliphatic carbocycles. The van der Waals surface area contributed by atoms with Crippen LogP contribution >= 0.6 is 11.6 Å². The number of aromatic amines is 1. The van der Waals surface area contributed by atoms with Crippen molar-refractivity contribution in [3.63, 3.8) is 0 Å². The van der Waals surface area contributed by atoms with Gasteiger partial charge in [0.25, 0.3) is 5.56 Å². The maximum atomic E-state index is 13.2. The van der Waals surface area contributed by atoms with Crippen LogP contribution in [0.15, 0.2) is 46.0 Å². The molecule has 0 radical (unpaired) electrons. The highest BCUT2D eigenvalue weighted by Gasteiger charge is 2.12. The van der Waals surface area contributed by atoms with Crippen molar-refractivity contribution in [3.8, 4) is 0 Å². The van der Waals surface area contributed by atoms with Crippen molar-refractivity contribution in [2.45, 2.75) is 6.54 Å². The van der Waals surface area contributed by atoms with E-state index < -0.39 is 23.0 Å². The Balaban J connectivity index is 2.14. The molecule has 3 aromatic rings. The zero-order chi connectivity index (χ0) is 18.1. The summed E-state index contributed by atoms with van der Waals surface area (Å²) in [4.78, 5) is 39.1. The van der Waals surface area contributed by atoms with Gasteiger partial charge in [-0.1, -0.05) is 17.7 Å². The number of aromatic nitrogens is 2. The van der Waals surface area contributed by atoms with Gasteiger partial charge in [0.1, 0.15) is 5.82 Å². The van der Waals surface area contributed by atoms with E-state index in [1.165, 1.54) is 37.4 Å². The largest absolute Gasteiger partial charge is 0.465 e. The molecule has 0 saturated carbocycles. The number of nitrogens with zero attached hydrogens (tertiary/aromatic N) is 1. The molecule has 0 saturated heterocycles. The van der Waals surface area contributed by atoms with Crippen molar-refractivity contribution in [1.82, 2.24) is 9.55 Å². The van der Waals surface area contributed by atoms with Crippen molar-refractivity contribution < 1.29 is 13.9 Å². The molecular weight excluding hydrogens is 351 g/mol. The topological polar surface area (TPSA) is 81.2 Å². The summed E-state index contributed by atoms with van der Waals surface area (Å²) in [6, 6.07) is 8.21. The van der Waals surface area contributed by atoms with E-state index in [1.807, 2.05) is 0 Å². The number of ether oxygens (including phenoxy) is 1. The maximum Gasteiger partial charge on any atom is 0.337 e. The molecule has 3 rings (SSSR count). The first-order chi connectivity index (χ1) is 11.9. The van der Waals surface area contributed by atoms with Gasteiger partial charge in [-0.15, -0.1) is 0 Å². The van der Waals surface area contributed by atoms with Gasteiger partial charge >= 0.3 is 11.7 Å². The molecule has 0 bridgehead atoms. The minimum absolute atomic E-state index is 0.0907. The summed E-state index contributed by atoms with van der Waals surface area (Å²) >= 11 is 5.73. The van der Waals surface area contributed by atoms with E-state index in [0.29, 0.717) is 11.1 Å². The van der Waals surface area contributed by atoms with Gasteiger partial charge in [0, 0.05) is 0 Å². The third-order valence-corrected chi connectivity index (χ3v) is 4.02. The van der Waals surface area contributed by atoms with Crippen LogP contribution in [0, 0.1) is 5.82 Å². The lowest BCUT2D eigenvalue weighted by Crippen LogP contribution is -2.35. The molecule has 0 fully saturated rings. The molecule has 1 heterocycles. The van der Waals surface area contributed by atoms with E-state index in [1.54, 1.807) is 0 Å². The molecule has 2 aromatic carbocycles. The Morgan fingerprint density at radius 2 is 2.00 bits per heavy atom. The fourth-order valence-corrected chi connectivity index (χ4v) is 2.66. The van der Waals surface area contributed by atoms with Crippen molar-refractivity contribution in [2.24, 2.45) is 0 Å². The van der Waals surface area contributed by atoms with E-state index >= 15 is 0 Å². The fraction of sp³-hybridized carbons (Fsp3) is 0.118. The van der Waals surface area contributed by atoms with Gasteiger partial charge in [-0.2, -0.15) is 0 Å². The second kappa shape index (κ2) is 6.52. The first kappa shape index (κ1) is 16.9. The van der Waals surface area contributed by atoms with Crippen LogP contribution in [0.5, 0.6) is 0 Å². The number of fused-ring (bicyclic) bond motifs is 1. The normalized spacial score (nSPS) is 10.8. The summed E-state index contributed by atoms with van der Waals surface area (Å²) in [5, 5.41) is 0.0615. The van der Waals surface area contributed by atoms with Crippen molar-refractivity contribution >= 4 is 28.5 Å². The van der Waals surface area contributed by atoms with Crippen LogP contribution in [0.3, 0.4) is 0 Å². The van der Waals surface area contributed by atoms with Gasteiger partial charge in [0.2, 0.25) is 0 Å². The Kier molecular flexibility index (Phi) is 4.41. The summed E-state index contributed by atoms with van der Waals surface area (Å²) in [7, 11) is 1.23. The number of hydrogen-bond acceptors (Lipinski definition) is 4. The molecule has 0 spiro atoms. The number of methoxy groups -OCH3 is 1. The first-order valence-electron chi connectivity index (χ1n) is 7.20. The van der Waals surface area contributed by atoms with Crippen LogP contribution in [0.1, 0.15) is 15.9 Å². The van der Waals surface area contributed by atoms with Crippen LogP contribution in [-0.4, -0.2) is 22.6 Å². The average molecular weight is 363 g/mol. The molecule has 1 N–H and O–H groups in total. The Morgan fingerprint density at radius 1 is 1.24 bits per heavy atom. The summed E-state index contributed by atoms with van der Waals surface area (Å²) in [6.45, 7) is -0.0907. The predicted octanol–water partition coefficient (Wildman–Crippen LogP) is 2.32. The molecule has 1 aromatic heterocycles. The molecule has 0 aliphatic heterocycles. The number of rotatable bonds is 3. The van der Waals surface area contributed by atoms with E-state index in [0.717, 1.165) is 10.6 Å². The monoisotopic (exact) mass is 362 g/mol. The lowest BCUT2D eigenvalue weighted by atomic mass is 10.1. The lowest BCUT2D eigenvalue weighted by molar-refractivity contribution is 0.0601. The van der Waals surface area contributed by atoms with Crippen molar-refractivity contribution in [2.75, 3.05) is 7.11 Å². The van der Waals surface area contributed by atoms with Gasteiger partial charge in [-0.05, 0) is 35.9 Å². The zero-order valence-corrected chi connectivity index (χ0v) is 13.8. The van der Waals surface area contributed by atoms with Crippen LogP contribution in [0.4, 0.5) is 4.39 Å². The van der Waals surface area contributed by atoms with E-state index in [9.17, 15) is 18.8 Å². The van der Waals surface area contributed by atoms with E-state index in [-0.39, 0.29) is 22.5 Å². The highest BCUT2D eigenvalue weighted by molar-refractivity contribution is 6.30. The predicted molar refractivity (Wildman–Crippen MR) is 90.7 cm³/mol. The second-order valence-electron chi connectivity index (χ2n) is 5.32. The Morgan fingerprint density at radius 3 is 2.68 bits per heavy atom. The number of hydrogen-bond donors (Lipinski definition) is 1. The Bertz CT molecular complexity index is 1100. The highest BCUT2D eigenvalue weighted by Crippen LogP contribution is 2.16. The minimum atomic E-state index is -0.622. The van der Waals surface area contributed by atoms with E-state index in [4.69, 9.17) is 11.6 Å². The lowest BCUT2D eigenvalue weighted by Gasteiger charge is -2.08. The van der Waals surface area contributed by atoms with Gasteiger partial charge in [0.15, 0.2) is 0 Å². The molecule has 8 heteroatoms. The SMILES string of the molecule is COC(=O)c1ccc2[nH]c(=O)n(Cc3ccc(F)c(Cl)c3)c(=O)c2c1. The molecular formula is C17H12ClFN2O4. The summed E-state index contributed by atoms with van der Waals surface area (Å²) < 4.78 is 18.8. The molecule has 0 unspecified atom stereocenters. The van der Waals surface area contributed by atoms with Gasteiger partial charge < -0.3 is 9.72 Å². The Hall–Kier alpha value is -2.93. The number of halogens is 2. The smallest absolute Gasteiger partial charge is 0.337 e. The number of benzene rings is 2. The molecule has 0 amide bonds. The third-order valence-electron chi connectivity index (χ3n) is 3.73. The molecule has 6 nitrogen and oxygen atoms in total. The molecule has 0 atom stereocenters. The van der Waals surface area contributed by atoms with Crippen LogP contribution in [0.25, 0.3) is 10.9 Å². The van der Waals surface area contributed by atoms with Crippen molar-refractivity contribution in [3.05, 3.63) is 79.2 Å². The second-order valence-corrected chi connectivity index (χ2v) is 5.73. The number of carbonyl (C=O) groups excluding carboxylic acids is 1. The number of H-pyrrole nitrogens is 1. The standard InChI is InChI=1S/C17H12ClFN2O4/c1-25-16(23)10-3-5-14-11(7-10)15(22)21(17(24)20-14)8-9-2-4-13(19)12(18)6-9/h2-7H,8H2,1H3,(H,20,24). The summed E-state index contributed by atoms with van der Waals surface area (Å²) in [5.41, 5.74) is -0.220. The first-order valence-corrected chi connectivity index (χ1v) is 7.57.